The summed E-state index contributed by atoms with van der Waals surface area (Å²) in [7, 11) is 0. The molecule has 0 saturated heterocycles. The molecular weight excluding hydrogens is 224 g/mol. The molecule has 1 aromatic heterocycles. The number of anilines is 2. The number of hydrogen-bond donors (Lipinski definition) is 2. The van der Waals surface area contributed by atoms with E-state index in [0.29, 0.717) is 5.92 Å². The lowest BCUT2D eigenvalue weighted by atomic mass is 10.0. The van der Waals surface area contributed by atoms with Gasteiger partial charge in [0.1, 0.15) is 18.0 Å². The van der Waals surface area contributed by atoms with Crippen molar-refractivity contribution in [3.8, 4) is 0 Å². The van der Waals surface area contributed by atoms with Crippen molar-refractivity contribution in [3.63, 3.8) is 0 Å². The third-order valence-electron chi connectivity index (χ3n) is 3.26. The summed E-state index contributed by atoms with van der Waals surface area (Å²) in [5.41, 5.74) is 1.21. The second-order valence-corrected chi connectivity index (χ2v) is 5.39. The fraction of sp³-hybridized carbons (Fsp3) is 0.714. The maximum absolute atomic E-state index is 4.41. The van der Waals surface area contributed by atoms with Crippen LogP contribution in [0.2, 0.25) is 0 Å². The molecule has 0 unspecified atom stereocenters. The van der Waals surface area contributed by atoms with E-state index in [4.69, 9.17) is 0 Å². The Kier molecular flexibility index (Phi) is 4.39. The molecule has 1 heterocycles. The van der Waals surface area contributed by atoms with Gasteiger partial charge in [-0.1, -0.05) is 20.8 Å². The van der Waals surface area contributed by atoms with Crippen LogP contribution in [0.4, 0.5) is 11.6 Å². The fourth-order valence-electron chi connectivity index (χ4n) is 2.03. The minimum atomic E-state index is 0.423. The topological polar surface area (TPSA) is 49.8 Å². The molecule has 2 N–H and O–H groups in total. The summed E-state index contributed by atoms with van der Waals surface area (Å²) in [6.07, 6.45) is 5.47. The number of hydrogen-bond acceptors (Lipinski definition) is 4. The molecule has 0 aliphatic heterocycles. The fourth-order valence-corrected chi connectivity index (χ4v) is 2.03. The Morgan fingerprint density at radius 3 is 2.44 bits per heavy atom. The van der Waals surface area contributed by atoms with Gasteiger partial charge in [0.05, 0.1) is 0 Å². The van der Waals surface area contributed by atoms with Gasteiger partial charge in [-0.3, -0.25) is 0 Å². The normalized spacial score (nSPS) is 14.9. The van der Waals surface area contributed by atoms with E-state index in [-0.39, 0.29) is 0 Å². The molecule has 1 saturated carbocycles. The average Bonchev–Trinajstić information content (AvgIpc) is 3.17. The van der Waals surface area contributed by atoms with Gasteiger partial charge in [0.15, 0.2) is 0 Å². The maximum atomic E-state index is 4.41. The van der Waals surface area contributed by atoms with Gasteiger partial charge >= 0.3 is 0 Å². The zero-order valence-electron chi connectivity index (χ0n) is 11.7. The Morgan fingerprint density at radius 1 is 1.22 bits per heavy atom. The lowest BCUT2D eigenvalue weighted by molar-refractivity contribution is 0.825. The molecule has 1 aliphatic carbocycles. The second kappa shape index (κ2) is 6.03. The van der Waals surface area contributed by atoms with E-state index < -0.39 is 0 Å². The second-order valence-electron chi connectivity index (χ2n) is 5.39. The molecule has 1 fully saturated rings. The summed E-state index contributed by atoms with van der Waals surface area (Å²) in [6, 6.07) is 0. The van der Waals surface area contributed by atoms with Crippen molar-refractivity contribution in [2.24, 2.45) is 5.92 Å². The largest absolute Gasteiger partial charge is 0.370 e. The van der Waals surface area contributed by atoms with E-state index in [2.05, 4.69) is 41.4 Å². The standard InChI is InChI=1S/C14H24N4/c1-4-7-15-13-12(10(2)3)14(18-9-17-13)16-8-11-5-6-11/h9-11H,4-8H2,1-3H3,(H2,15,16,17,18). The first kappa shape index (κ1) is 13.1. The third kappa shape index (κ3) is 3.34. The average molecular weight is 248 g/mol. The van der Waals surface area contributed by atoms with Crippen molar-refractivity contribution in [1.82, 2.24) is 9.97 Å². The lowest BCUT2D eigenvalue weighted by Gasteiger charge is -2.17. The Bertz CT molecular complexity index is 385. The van der Waals surface area contributed by atoms with Crippen LogP contribution in [0.1, 0.15) is 51.5 Å². The van der Waals surface area contributed by atoms with Gasteiger partial charge in [0.2, 0.25) is 0 Å². The Labute approximate surface area is 110 Å². The van der Waals surface area contributed by atoms with Crippen LogP contribution in [-0.2, 0) is 0 Å². The molecule has 0 spiro atoms. The highest BCUT2D eigenvalue weighted by atomic mass is 15.1. The van der Waals surface area contributed by atoms with Crippen molar-refractivity contribution in [2.45, 2.75) is 46.0 Å². The van der Waals surface area contributed by atoms with E-state index >= 15 is 0 Å². The number of aromatic nitrogens is 2. The van der Waals surface area contributed by atoms with Crippen LogP contribution in [0.25, 0.3) is 0 Å². The van der Waals surface area contributed by atoms with Gasteiger partial charge in [-0.05, 0) is 31.1 Å². The predicted octanol–water partition coefficient (Wildman–Crippen LogP) is 3.24. The molecule has 0 bridgehead atoms. The van der Waals surface area contributed by atoms with Gasteiger partial charge in [-0.15, -0.1) is 0 Å². The van der Waals surface area contributed by atoms with E-state index in [1.54, 1.807) is 6.33 Å². The van der Waals surface area contributed by atoms with Crippen LogP contribution in [-0.4, -0.2) is 23.1 Å². The molecule has 18 heavy (non-hydrogen) atoms. The third-order valence-corrected chi connectivity index (χ3v) is 3.26. The molecule has 4 nitrogen and oxygen atoms in total. The lowest BCUT2D eigenvalue weighted by Crippen LogP contribution is -2.13. The smallest absolute Gasteiger partial charge is 0.134 e. The van der Waals surface area contributed by atoms with Crippen LogP contribution in [0, 0.1) is 5.92 Å². The summed E-state index contributed by atoms with van der Waals surface area (Å²) in [5, 5.41) is 6.88. The van der Waals surface area contributed by atoms with Crippen molar-refractivity contribution in [1.29, 1.82) is 0 Å². The highest BCUT2D eigenvalue weighted by Crippen LogP contribution is 2.32. The minimum absolute atomic E-state index is 0.423. The highest BCUT2D eigenvalue weighted by Gasteiger charge is 2.22. The number of nitrogens with one attached hydrogen (secondary N) is 2. The molecule has 0 aromatic carbocycles. The molecule has 100 valence electrons. The van der Waals surface area contributed by atoms with Crippen LogP contribution in [0.3, 0.4) is 0 Å². The zero-order chi connectivity index (χ0) is 13.0. The van der Waals surface area contributed by atoms with Gasteiger partial charge in [0.25, 0.3) is 0 Å². The first-order chi connectivity index (χ1) is 8.72. The van der Waals surface area contributed by atoms with Crippen molar-refractivity contribution >= 4 is 11.6 Å². The number of nitrogens with zero attached hydrogens (tertiary/aromatic N) is 2. The van der Waals surface area contributed by atoms with E-state index in [0.717, 1.165) is 37.1 Å². The molecule has 0 radical (unpaired) electrons. The van der Waals surface area contributed by atoms with Crippen LogP contribution in [0.5, 0.6) is 0 Å². The molecule has 4 heteroatoms. The summed E-state index contributed by atoms with van der Waals surface area (Å²) in [6.45, 7) is 8.55. The number of rotatable bonds is 7. The van der Waals surface area contributed by atoms with Crippen molar-refractivity contribution in [3.05, 3.63) is 11.9 Å². The Morgan fingerprint density at radius 2 is 1.89 bits per heavy atom. The van der Waals surface area contributed by atoms with Crippen LogP contribution >= 0.6 is 0 Å². The predicted molar refractivity (Wildman–Crippen MR) is 76.1 cm³/mol. The van der Waals surface area contributed by atoms with Gasteiger partial charge < -0.3 is 10.6 Å². The Balaban J connectivity index is 2.14. The van der Waals surface area contributed by atoms with Gasteiger partial charge in [-0.2, -0.15) is 0 Å². The SMILES string of the molecule is CCCNc1ncnc(NCC2CC2)c1C(C)C. The van der Waals surface area contributed by atoms with Crippen LogP contribution < -0.4 is 10.6 Å². The van der Waals surface area contributed by atoms with Gasteiger partial charge in [0, 0.05) is 18.7 Å². The zero-order valence-corrected chi connectivity index (χ0v) is 11.7. The highest BCUT2D eigenvalue weighted by molar-refractivity contribution is 5.59. The molecule has 1 aliphatic rings. The Hall–Kier alpha value is -1.32. The van der Waals surface area contributed by atoms with Crippen LogP contribution in [0.15, 0.2) is 6.33 Å². The first-order valence-corrected chi connectivity index (χ1v) is 7.05. The monoisotopic (exact) mass is 248 g/mol. The van der Waals surface area contributed by atoms with Gasteiger partial charge in [-0.25, -0.2) is 9.97 Å². The van der Waals surface area contributed by atoms with E-state index in [1.165, 1.54) is 18.4 Å². The summed E-state index contributed by atoms with van der Waals surface area (Å²) >= 11 is 0. The molecule has 0 atom stereocenters. The molecule has 1 aromatic rings. The van der Waals surface area contributed by atoms with E-state index in [1.807, 2.05) is 0 Å². The van der Waals surface area contributed by atoms with Crippen molar-refractivity contribution in [2.75, 3.05) is 23.7 Å². The first-order valence-electron chi connectivity index (χ1n) is 7.05. The molecule has 0 amide bonds. The van der Waals surface area contributed by atoms with Crippen molar-refractivity contribution < 1.29 is 0 Å². The summed E-state index contributed by atoms with van der Waals surface area (Å²) in [4.78, 5) is 8.78. The summed E-state index contributed by atoms with van der Waals surface area (Å²) in [5.74, 6) is 3.27. The molecule has 2 rings (SSSR count). The maximum Gasteiger partial charge on any atom is 0.134 e. The minimum Gasteiger partial charge on any atom is -0.370 e. The van der Waals surface area contributed by atoms with E-state index in [9.17, 15) is 0 Å². The quantitative estimate of drug-likeness (QED) is 0.777. The summed E-state index contributed by atoms with van der Waals surface area (Å²) < 4.78 is 0. The molecular formula is C14H24N4.